The van der Waals surface area contributed by atoms with Crippen molar-refractivity contribution in [1.29, 1.82) is 0 Å². The Balaban J connectivity index is 2.60. The summed E-state index contributed by atoms with van der Waals surface area (Å²) in [5.41, 5.74) is 1.78. The molecule has 8 heteroatoms. The largest absolute Gasteiger partial charge is 0.416 e. The second-order valence-electron chi connectivity index (χ2n) is 3.10. The molecule has 16 heavy (non-hydrogen) atoms. The van der Waals surface area contributed by atoms with Crippen LogP contribution in [-0.2, 0) is 16.0 Å². The standard InChI is InChI=1S/C8H5F3N2O2S/c9-8(10,11)5-1-2-7-6(3-5)13-12-4-16(7,14)15/h1-4,13H. The number of sulfone groups is 1. The summed E-state index contributed by atoms with van der Waals surface area (Å²) in [7, 11) is -3.73. The van der Waals surface area contributed by atoms with Crippen LogP contribution in [0.2, 0.25) is 0 Å². The number of nitrogens with zero attached hydrogens (tertiary/aromatic N) is 1. The maximum atomic E-state index is 12.3. The van der Waals surface area contributed by atoms with E-state index in [2.05, 4.69) is 10.5 Å². The van der Waals surface area contributed by atoms with Gasteiger partial charge in [-0.05, 0) is 18.2 Å². The zero-order chi connectivity index (χ0) is 12.0. The van der Waals surface area contributed by atoms with Crippen LogP contribution in [0.4, 0.5) is 18.9 Å². The Bertz CT molecular complexity index is 563. The average Bonchev–Trinajstić information content (AvgIpc) is 2.15. The summed E-state index contributed by atoms with van der Waals surface area (Å²) in [6, 6.07) is 2.34. The Kier molecular flexibility index (Phi) is 2.19. The molecule has 0 atom stereocenters. The molecule has 0 aliphatic carbocycles. The van der Waals surface area contributed by atoms with Gasteiger partial charge in [-0.3, -0.25) is 5.43 Å². The highest BCUT2D eigenvalue weighted by molar-refractivity contribution is 8.04. The van der Waals surface area contributed by atoms with Gasteiger partial charge in [0, 0.05) is 0 Å². The van der Waals surface area contributed by atoms with Crippen LogP contribution in [0.15, 0.2) is 28.2 Å². The highest BCUT2D eigenvalue weighted by Gasteiger charge is 2.32. The first-order valence-electron chi connectivity index (χ1n) is 4.06. The van der Waals surface area contributed by atoms with Gasteiger partial charge >= 0.3 is 6.18 Å². The summed E-state index contributed by atoms with van der Waals surface area (Å²) in [6.45, 7) is 0. The van der Waals surface area contributed by atoms with Crippen LogP contribution < -0.4 is 5.43 Å². The lowest BCUT2D eigenvalue weighted by atomic mass is 10.2. The van der Waals surface area contributed by atoms with Crippen molar-refractivity contribution >= 4 is 21.1 Å². The number of nitrogens with one attached hydrogen (secondary N) is 1. The van der Waals surface area contributed by atoms with E-state index in [4.69, 9.17) is 0 Å². The van der Waals surface area contributed by atoms with Crippen molar-refractivity contribution in [3.63, 3.8) is 0 Å². The molecule has 0 saturated heterocycles. The van der Waals surface area contributed by atoms with Crippen LogP contribution in [0, 0.1) is 0 Å². The molecule has 0 saturated carbocycles. The van der Waals surface area contributed by atoms with Gasteiger partial charge in [-0.25, -0.2) is 8.42 Å². The number of hydrogen-bond donors (Lipinski definition) is 1. The topological polar surface area (TPSA) is 58.5 Å². The molecular formula is C8H5F3N2O2S. The van der Waals surface area contributed by atoms with Gasteiger partial charge in [0.25, 0.3) is 0 Å². The number of hydrogen-bond acceptors (Lipinski definition) is 4. The van der Waals surface area contributed by atoms with Gasteiger partial charge in [0.05, 0.1) is 16.1 Å². The van der Waals surface area contributed by atoms with Crippen molar-refractivity contribution < 1.29 is 21.6 Å². The van der Waals surface area contributed by atoms with E-state index >= 15 is 0 Å². The fraction of sp³-hybridized carbons (Fsp3) is 0.125. The van der Waals surface area contributed by atoms with Gasteiger partial charge in [-0.1, -0.05) is 0 Å². The minimum absolute atomic E-state index is 0.169. The highest BCUT2D eigenvalue weighted by atomic mass is 32.2. The maximum Gasteiger partial charge on any atom is 0.416 e. The fourth-order valence-electron chi connectivity index (χ4n) is 1.26. The number of hydrazone groups is 1. The Morgan fingerprint density at radius 3 is 2.56 bits per heavy atom. The number of anilines is 1. The Morgan fingerprint density at radius 2 is 1.94 bits per heavy atom. The van der Waals surface area contributed by atoms with E-state index in [1.165, 1.54) is 0 Å². The summed E-state index contributed by atoms with van der Waals surface area (Å²) in [5, 5.41) is 3.26. The van der Waals surface area contributed by atoms with Crippen molar-refractivity contribution in [1.82, 2.24) is 0 Å². The molecule has 86 valence electrons. The van der Waals surface area contributed by atoms with Gasteiger partial charge < -0.3 is 0 Å². The Hall–Kier alpha value is -1.57. The van der Waals surface area contributed by atoms with Crippen molar-refractivity contribution in [3.8, 4) is 0 Å². The first kappa shape index (κ1) is 10.9. The van der Waals surface area contributed by atoms with E-state index in [0.717, 1.165) is 12.1 Å². The van der Waals surface area contributed by atoms with Crippen molar-refractivity contribution in [2.75, 3.05) is 5.43 Å². The zero-order valence-corrected chi connectivity index (χ0v) is 8.43. The van der Waals surface area contributed by atoms with E-state index in [1.54, 1.807) is 0 Å². The quantitative estimate of drug-likeness (QED) is 0.764. The molecule has 2 rings (SSSR count). The normalized spacial score (nSPS) is 17.7. The highest BCUT2D eigenvalue weighted by Crippen LogP contribution is 2.34. The smallest absolute Gasteiger partial charge is 0.276 e. The van der Waals surface area contributed by atoms with Gasteiger partial charge in [-0.15, -0.1) is 0 Å². The molecule has 0 aromatic heterocycles. The van der Waals surface area contributed by atoms with Gasteiger partial charge in [-0.2, -0.15) is 18.3 Å². The third kappa shape index (κ3) is 1.75. The van der Waals surface area contributed by atoms with Crippen LogP contribution in [0.1, 0.15) is 5.56 Å². The molecule has 1 N–H and O–H groups in total. The lowest BCUT2D eigenvalue weighted by Crippen LogP contribution is -2.14. The van der Waals surface area contributed by atoms with Crippen molar-refractivity contribution in [2.45, 2.75) is 11.1 Å². The first-order valence-corrected chi connectivity index (χ1v) is 5.61. The van der Waals surface area contributed by atoms with E-state index in [9.17, 15) is 21.6 Å². The van der Waals surface area contributed by atoms with Crippen LogP contribution in [0.25, 0.3) is 0 Å². The lowest BCUT2D eigenvalue weighted by Gasteiger charge is -2.14. The summed E-state index contributed by atoms with van der Waals surface area (Å²) in [5.74, 6) is 0. The second-order valence-corrected chi connectivity index (χ2v) is 4.84. The molecule has 1 aliphatic rings. The van der Waals surface area contributed by atoms with Gasteiger partial charge in [0.1, 0.15) is 5.55 Å². The summed E-state index contributed by atoms with van der Waals surface area (Å²) >= 11 is 0. The molecule has 0 unspecified atom stereocenters. The van der Waals surface area contributed by atoms with Crippen LogP contribution in [0.5, 0.6) is 0 Å². The third-order valence-corrected chi connectivity index (χ3v) is 3.34. The number of benzene rings is 1. The maximum absolute atomic E-state index is 12.3. The number of alkyl halides is 3. The van der Waals surface area contributed by atoms with Crippen molar-refractivity contribution in [3.05, 3.63) is 23.8 Å². The molecule has 0 bridgehead atoms. The van der Waals surface area contributed by atoms with Crippen LogP contribution in [0.3, 0.4) is 0 Å². The van der Waals surface area contributed by atoms with Gasteiger partial charge in [0.2, 0.25) is 9.84 Å². The number of rotatable bonds is 0. The summed E-state index contributed by atoms with van der Waals surface area (Å²) < 4.78 is 59.7. The Labute approximate surface area is 88.7 Å². The van der Waals surface area contributed by atoms with E-state index in [-0.39, 0.29) is 10.6 Å². The molecule has 1 aromatic rings. The number of halogens is 3. The predicted octanol–water partition coefficient (Wildman–Crippen LogP) is 1.85. The molecule has 1 aliphatic heterocycles. The van der Waals surface area contributed by atoms with Crippen molar-refractivity contribution in [2.24, 2.45) is 5.10 Å². The molecular weight excluding hydrogens is 245 g/mol. The summed E-state index contributed by atoms with van der Waals surface area (Å²) in [6.07, 6.45) is -4.51. The minimum atomic E-state index is -4.51. The lowest BCUT2D eigenvalue weighted by molar-refractivity contribution is -0.137. The Morgan fingerprint density at radius 1 is 1.25 bits per heavy atom. The molecule has 1 aromatic carbocycles. The minimum Gasteiger partial charge on any atom is -0.276 e. The number of fused-ring (bicyclic) bond motifs is 1. The molecule has 0 radical (unpaired) electrons. The first-order chi connectivity index (χ1) is 7.31. The second kappa shape index (κ2) is 3.21. The van der Waals surface area contributed by atoms with E-state index in [1.807, 2.05) is 0 Å². The molecule has 1 heterocycles. The fourth-order valence-corrected chi connectivity index (χ4v) is 2.24. The third-order valence-electron chi connectivity index (χ3n) is 1.99. The molecule has 4 nitrogen and oxygen atoms in total. The predicted molar refractivity (Wildman–Crippen MR) is 50.7 cm³/mol. The average molecular weight is 250 g/mol. The SMILES string of the molecule is O=S1(=O)C=NNc2cc(C(F)(F)F)ccc21. The monoisotopic (exact) mass is 250 g/mol. The molecule has 0 fully saturated rings. The molecule has 0 amide bonds. The van der Waals surface area contributed by atoms with Crippen LogP contribution >= 0.6 is 0 Å². The van der Waals surface area contributed by atoms with Crippen LogP contribution in [-0.4, -0.2) is 14.0 Å². The van der Waals surface area contributed by atoms with Gasteiger partial charge in [0.15, 0.2) is 0 Å². The van der Waals surface area contributed by atoms with E-state index in [0.29, 0.717) is 11.6 Å². The summed E-state index contributed by atoms with van der Waals surface area (Å²) in [4.78, 5) is -0.212. The van der Waals surface area contributed by atoms with E-state index < -0.39 is 21.6 Å². The molecule has 0 spiro atoms. The zero-order valence-electron chi connectivity index (χ0n) is 7.62.